The van der Waals surface area contributed by atoms with Crippen molar-refractivity contribution < 1.29 is 4.79 Å². The predicted octanol–water partition coefficient (Wildman–Crippen LogP) is 2.64. The minimum atomic E-state index is 0.179. The van der Waals surface area contributed by atoms with Gasteiger partial charge in [0.25, 0.3) is 0 Å². The SMILES string of the molecule is CCC1SCCSC1C(=O)Cc1cnn(CC)c1. The van der Waals surface area contributed by atoms with E-state index in [0.29, 0.717) is 17.5 Å². The van der Waals surface area contributed by atoms with Gasteiger partial charge < -0.3 is 0 Å². The van der Waals surface area contributed by atoms with Crippen molar-refractivity contribution in [1.82, 2.24) is 9.78 Å². The Morgan fingerprint density at radius 3 is 2.89 bits per heavy atom. The summed E-state index contributed by atoms with van der Waals surface area (Å²) in [5.41, 5.74) is 1.05. The predicted molar refractivity (Wildman–Crippen MR) is 79.4 cm³/mol. The van der Waals surface area contributed by atoms with Crippen LogP contribution in [0.25, 0.3) is 0 Å². The first-order valence-electron chi connectivity index (χ1n) is 6.51. The van der Waals surface area contributed by atoms with Gasteiger partial charge in [0, 0.05) is 35.9 Å². The number of thioether (sulfide) groups is 2. The summed E-state index contributed by atoms with van der Waals surface area (Å²) in [7, 11) is 0. The molecule has 1 fully saturated rings. The van der Waals surface area contributed by atoms with E-state index < -0.39 is 0 Å². The number of rotatable bonds is 5. The molecule has 3 nitrogen and oxygen atoms in total. The molecule has 2 rings (SSSR count). The van der Waals surface area contributed by atoms with E-state index in [2.05, 4.69) is 18.9 Å². The summed E-state index contributed by atoms with van der Waals surface area (Å²) in [5.74, 6) is 2.65. The maximum absolute atomic E-state index is 12.4. The minimum absolute atomic E-state index is 0.179. The molecule has 0 aliphatic carbocycles. The number of Topliss-reactive ketones (excluding diaryl/α,β-unsaturated/α-hetero) is 1. The number of aromatic nitrogens is 2. The fourth-order valence-corrected chi connectivity index (χ4v) is 5.21. The van der Waals surface area contributed by atoms with E-state index in [0.717, 1.165) is 24.3 Å². The molecule has 0 N–H and O–H groups in total. The fourth-order valence-electron chi connectivity index (χ4n) is 2.17. The van der Waals surface area contributed by atoms with Crippen LogP contribution in [0.1, 0.15) is 25.8 Å². The summed E-state index contributed by atoms with van der Waals surface area (Å²) >= 11 is 3.80. The molecule has 2 unspecified atom stereocenters. The monoisotopic (exact) mass is 284 g/mol. The molecule has 1 aliphatic rings. The Kier molecular flexibility index (Phi) is 5.18. The molecule has 0 spiro atoms. The fraction of sp³-hybridized carbons (Fsp3) is 0.692. The lowest BCUT2D eigenvalue weighted by Gasteiger charge is -2.28. The lowest BCUT2D eigenvalue weighted by molar-refractivity contribution is -0.117. The smallest absolute Gasteiger partial charge is 0.151 e. The van der Waals surface area contributed by atoms with Crippen LogP contribution < -0.4 is 0 Å². The highest BCUT2D eigenvalue weighted by Gasteiger charge is 2.30. The molecule has 5 heteroatoms. The van der Waals surface area contributed by atoms with Gasteiger partial charge in [-0.25, -0.2) is 0 Å². The van der Waals surface area contributed by atoms with Crippen molar-refractivity contribution in [1.29, 1.82) is 0 Å². The van der Waals surface area contributed by atoms with Gasteiger partial charge in [-0.2, -0.15) is 16.9 Å². The molecule has 1 aromatic rings. The second kappa shape index (κ2) is 6.66. The van der Waals surface area contributed by atoms with Crippen LogP contribution in [0, 0.1) is 0 Å². The summed E-state index contributed by atoms with van der Waals surface area (Å²) in [6.07, 6.45) is 5.43. The van der Waals surface area contributed by atoms with E-state index in [4.69, 9.17) is 0 Å². The first-order valence-corrected chi connectivity index (χ1v) is 8.61. The standard InChI is InChI=1S/C13H20N2OS2/c1-3-12-13(18-6-5-17-12)11(16)7-10-8-14-15(4-2)9-10/h8-9,12-13H,3-7H2,1-2H3. The van der Waals surface area contributed by atoms with Crippen LogP contribution in [0.5, 0.6) is 0 Å². The zero-order valence-corrected chi connectivity index (χ0v) is 12.6. The Balaban J connectivity index is 1.97. The number of hydrogen-bond acceptors (Lipinski definition) is 4. The van der Waals surface area contributed by atoms with Crippen molar-refractivity contribution >= 4 is 29.3 Å². The summed E-state index contributed by atoms with van der Waals surface area (Å²) in [6, 6.07) is 0. The van der Waals surface area contributed by atoms with Gasteiger partial charge in [0.05, 0.1) is 11.4 Å². The molecule has 100 valence electrons. The Hall–Kier alpha value is -0.420. The highest BCUT2D eigenvalue weighted by Crippen LogP contribution is 2.34. The minimum Gasteiger partial charge on any atom is -0.298 e. The molecule has 1 saturated heterocycles. The van der Waals surface area contributed by atoms with Gasteiger partial charge in [0.1, 0.15) is 0 Å². The molecule has 18 heavy (non-hydrogen) atoms. The van der Waals surface area contributed by atoms with Gasteiger partial charge in [-0.15, -0.1) is 11.8 Å². The van der Waals surface area contributed by atoms with Gasteiger partial charge in [-0.1, -0.05) is 6.92 Å². The van der Waals surface area contributed by atoms with Crippen LogP contribution in [0.15, 0.2) is 12.4 Å². The lowest BCUT2D eigenvalue weighted by atomic mass is 10.1. The van der Waals surface area contributed by atoms with E-state index in [1.165, 1.54) is 5.75 Å². The van der Waals surface area contributed by atoms with Crippen LogP contribution in [0.4, 0.5) is 0 Å². The first-order chi connectivity index (χ1) is 8.74. The van der Waals surface area contributed by atoms with E-state index in [-0.39, 0.29) is 5.25 Å². The average Bonchev–Trinajstić information content (AvgIpc) is 2.86. The quantitative estimate of drug-likeness (QED) is 0.832. The normalized spacial score (nSPS) is 24.1. The maximum Gasteiger partial charge on any atom is 0.151 e. The Labute approximate surface area is 117 Å². The lowest BCUT2D eigenvalue weighted by Crippen LogP contribution is -2.33. The molecular formula is C13H20N2OS2. The van der Waals surface area contributed by atoms with Gasteiger partial charge >= 0.3 is 0 Å². The van der Waals surface area contributed by atoms with Gasteiger partial charge in [0.2, 0.25) is 0 Å². The molecule has 1 aliphatic heterocycles. The number of carbonyl (C=O) groups excluding carboxylic acids is 1. The van der Waals surface area contributed by atoms with Crippen molar-refractivity contribution in [2.45, 2.75) is 43.7 Å². The number of aryl methyl sites for hydroxylation is 1. The number of ketones is 1. The number of carbonyl (C=O) groups is 1. The van der Waals surface area contributed by atoms with Crippen LogP contribution in [-0.4, -0.2) is 37.6 Å². The van der Waals surface area contributed by atoms with E-state index in [1.807, 2.05) is 40.6 Å². The highest BCUT2D eigenvalue weighted by atomic mass is 32.2. The highest BCUT2D eigenvalue weighted by molar-refractivity contribution is 8.07. The third-order valence-electron chi connectivity index (χ3n) is 3.16. The van der Waals surface area contributed by atoms with Crippen molar-refractivity contribution in [2.24, 2.45) is 0 Å². The van der Waals surface area contributed by atoms with Crippen molar-refractivity contribution in [3.05, 3.63) is 18.0 Å². The van der Waals surface area contributed by atoms with Crippen LogP contribution in [0.3, 0.4) is 0 Å². The molecule has 0 saturated carbocycles. The Morgan fingerprint density at radius 2 is 2.22 bits per heavy atom. The first kappa shape index (κ1) is 14.0. The maximum atomic E-state index is 12.4. The second-order valence-electron chi connectivity index (χ2n) is 4.46. The summed E-state index contributed by atoms with van der Waals surface area (Å²) < 4.78 is 1.88. The molecule has 0 bridgehead atoms. The molecule has 0 aromatic carbocycles. The van der Waals surface area contributed by atoms with Crippen LogP contribution in [-0.2, 0) is 17.8 Å². The number of nitrogens with zero attached hydrogens (tertiary/aromatic N) is 2. The van der Waals surface area contributed by atoms with E-state index in [1.54, 1.807) is 0 Å². The van der Waals surface area contributed by atoms with E-state index in [9.17, 15) is 4.79 Å². The summed E-state index contributed by atoms with van der Waals surface area (Å²) in [4.78, 5) is 12.4. The third kappa shape index (κ3) is 3.32. The van der Waals surface area contributed by atoms with Crippen molar-refractivity contribution in [3.8, 4) is 0 Å². The average molecular weight is 284 g/mol. The molecular weight excluding hydrogens is 264 g/mol. The Bertz CT molecular complexity index is 405. The van der Waals surface area contributed by atoms with E-state index >= 15 is 0 Å². The van der Waals surface area contributed by atoms with Crippen molar-refractivity contribution in [3.63, 3.8) is 0 Å². The Morgan fingerprint density at radius 1 is 1.44 bits per heavy atom. The topological polar surface area (TPSA) is 34.9 Å². The molecule has 0 amide bonds. The zero-order chi connectivity index (χ0) is 13.0. The molecule has 1 aromatic heterocycles. The molecule has 2 atom stereocenters. The largest absolute Gasteiger partial charge is 0.298 e. The van der Waals surface area contributed by atoms with Gasteiger partial charge in [0.15, 0.2) is 5.78 Å². The second-order valence-corrected chi connectivity index (χ2v) is 7.05. The van der Waals surface area contributed by atoms with Crippen molar-refractivity contribution in [2.75, 3.05) is 11.5 Å². The molecule has 0 radical (unpaired) electrons. The van der Waals surface area contributed by atoms with Gasteiger partial charge in [-0.3, -0.25) is 9.48 Å². The molecule has 2 heterocycles. The number of hydrogen-bond donors (Lipinski definition) is 0. The van der Waals surface area contributed by atoms with Crippen LogP contribution in [0.2, 0.25) is 0 Å². The summed E-state index contributed by atoms with van der Waals surface area (Å²) in [6.45, 7) is 5.10. The van der Waals surface area contributed by atoms with Crippen LogP contribution >= 0.6 is 23.5 Å². The summed E-state index contributed by atoms with van der Waals surface area (Å²) in [5, 5.41) is 4.90. The zero-order valence-electron chi connectivity index (χ0n) is 11.0. The third-order valence-corrected chi connectivity index (χ3v) is 6.45. The van der Waals surface area contributed by atoms with Gasteiger partial charge in [-0.05, 0) is 18.9 Å².